The summed E-state index contributed by atoms with van der Waals surface area (Å²) in [6, 6.07) is 5.85. The van der Waals surface area contributed by atoms with Crippen molar-refractivity contribution in [3.05, 3.63) is 34.3 Å². The van der Waals surface area contributed by atoms with Crippen LogP contribution in [0.5, 0.6) is 0 Å². The first-order chi connectivity index (χ1) is 9.08. The first kappa shape index (κ1) is 12.9. The average Bonchev–Trinajstić information content (AvgIpc) is 2.85. The summed E-state index contributed by atoms with van der Waals surface area (Å²) in [5.74, 6) is -0.101. The van der Waals surface area contributed by atoms with Gasteiger partial charge in [-0.3, -0.25) is 4.79 Å². The fourth-order valence-electron chi connectivity index (χ4n) is 3.17. The van der Waals surface area contributed by atoms with Gasteiger partial charge in [0.1, 0.15) is 5.60 Å². The smallest absolute Gasteiger partial charge is 0.254 e. The van der Waals surface area contributed by atoms with Crippen LogP contribution >= 0.6 is 11.6 Å². The molecule has 1 aliphatic carbocycles. The van der Waals surface area contributed by atoms with Gasteiger partial charge in [-0.2, -0.15) is 0 Å². The molecule has 3 rings (SSSR count). The number of amides is 1. The van der Waals surface area contributed by atoms with Crippen molar-refractivity contribution in [1.82, 2.24) is 4.90 Å². The van der Waals surface area contributed by atoms with Gasteiger partial charge in [0.15, 0.2) is 0 Å². The molecule has 0 radical (unpaired) electrons. The van der Waals surface area contributed by atoms with E-state index >= 15 is 0 Å². The highest BCUT2D eigenvalue weighted by atomic mass is 35.5. The molecule has 1 saturated carbocycles. The third-order valence-electron chi connectivity index (χ3n) is 4.30. The zero-order valence-electron chi connectivity index (χ0n) is 10.9. The Kier molecular flexibility index (Phi) is 3.27. The summed E-state index contributed by atoms with van der Waals surface area (Å²) in [6.45, 7) is 1.26. The second-order valence-electron chi connectivity index (χ2n) is 5.63. The Balaban J connectivity index is 1.80. The molecule has 1 aliphatic heterocycles. The van der Waals surface area contributed by atoms with Crippen LogP contribution in [-0.4, -0.2) is 28.1 Å². The summed E-state index contributed by atoms with van der Waals surface area (Å²) >= 11 is 6.01. The van der Waals surface area contributed by atoms with E-state index in [0.29, 0.717) is 31.0 Å². The van der Waals surface area contributed by atoms with Crippen LogP contribution < -0.4 is 0 Å². The van der Waals surface area contributed by atoms with Crippen LogP contribution in [0.1, 0.15) is 36.8 Å². The van der Waals surface area contributed by atoms with E-state index in [4.69, 9.17) is 11.6 Å². The lowest BCUT2D eigenvalue weighted by Gasteiger charge is -2.34. The monoisotopic (exact) mass is 279 g/mol. The van der Waals surface area contributed by atoms with E-state index in [1.807, 2.05) is 18.2 Å². The Bertz CT molecular complexity index is 509. The standard InChI is InChI=1S/C15H18ClNO2/c16-13-4-3-11-5-8-17(10-12(11)9-13)14(18)15(19)6-1-2-7-15/h3-4,9,19H,1-2,5-8,10H2. The first-order valence-corrected chi connectivity index (χ1v) is 7.25. The van der Waals surface area contributed by atoms with Gasteiger partial charge in [0.05, 0.1) is 0 Å². The summed E-state index contributed by atoms with van der Waals surface area (Å²) in [7, 11) is 0. The van der Waals surface area contributed by atoms with Crippen LogP contribution in [0.15, 0.2) is 18.2 Å². The first-order valence-electron chi connectivity index (χ1n) is 6.88. The zero-order chi connectivity index (χ0) is 13.5. The van der Waals surface area contributed by atoms with E-state index in [9.17, 15) is 9.90 Å². The molecule has 0 unspecified atom stereocenters. The molecule has 0 spiro atoms. The summed E-state index contributed by atoms with van der Waals surface area (Å²) in [6.07, 6.45) is 3.93. The van der Waals surface area contributed by atoms with Gasteiger partial charge in [-0.25, -0.2) is 0 Å². The van der Waals surface area contributed by atoms with Crippen molar-refractivity contribution in [1.29, 1.82) is 0 Å². The van der Waals surface area contributed by atoms with Crippen molar-refractivity contribution < 1.29 is 9.90 Å². The highest BCUT2D eigenvalue weighted by Crippen LogP contribution is 2.33. The molecular formula is C15H18ClNO2. The molecule has 1 aromatic carbocycles. The number of hydrogen-bond acceptors (Lipinski definition) is 2. The lowest BCUT2D eigenvalue weighted by molar-refractivity contribution is -0.151. The molecule has 1 fully saturated rings. The highest BCUT2D eigenvalue weighted by molar-refractivity contribution is 6.30. The van der Waals surface area contributed by atoms with Crippen molar-refractivity contribution >= 4 is 17.5 Å². The maximum Gasteiger partial charge on any atom is 0.254 e. The van der Waals surface area contributed by atoms with Crippen LogP contribution in [0.2, 0.25) is 5.02 Å². The van der Waals surface area contributed by atoms with Gasteiger partial charge in [0.2, 0.25) is 0 Å². The number of hydrogen-bond donors (Lipinski definition) is 1. The number of rotatable bonds is 1. The molecule has 2 aliphatic rings. The summed E-state index contributed by atoms with van der Waals surface area (Å²) in [5, 5.41) is 11.1. The third-order valence-corrected chi connectivity index (χ3v) is 4.53. The van der Waals surface area contributed by atoms with Crippen LogP contribution in [0.3, 0.4) is 0 Å². The maximum atomic E-state index is 12.5. The second-order valence-corrected chi connectivity index (χ2v) is 6.06. The van der Waals surface area contributed by atoms with Crippen LogP contribution in [0.25, 0.3) is 0 Å². The molecule has 102 valence electrons. The summed E-state index contributed by atoms with van der Waals surface area (Å²) in [5.41, 5.74) is 1.25. The zero-order valence-corrected chi connectivity index (χ0v) is 11.6. The lowest BCUT2D eigenvalue weighted by Crippen LogP contribution is -2.49. The Hall–Kier alpha value is -1.06. The molecule has 1 heterocycles. The fraction of sp³-hybridized carbons (Fsp3) is 0.533. The van der Waals surface area contributed by atoms with Crippen LogP contribution in [0.4, 0.5) is 0 Å². The molecule has 1 amide bonds. The number of halogens is 1. The van der Waals surface area contributed by atoms with Crippen molar-refractivity contribution in [3.8, 4) is 0 Å². The van der Waals surface area contributed by atoms with E-state index in [0.717, 1.165) is 24.8 Å². The van der Waals surface area contributed by atoms with E-state index in [1.54, 1.807) is 4.90 Å². The van der Waals surface area contributed by atoms with Gasteiger partial charge >= 0.3 is 0 Å². The molecule has 1 N–H and O–H groups in total. The lowest BCUT2D eigenvalue weighted by atomic mass is 9.95. The molecule has 0 aromatic heterocycles. The number of nitrogens with zero attached hydrogens (tertiary/aromatic N) is 1. The van der Waals surface area contributed by atoms with Crippen LogP contribution in [-0.2, 0) is 17.8 Å². The minimum absolute atomic E-state index is 0.101. The molecular weight excluding hydrogens is 262 g/mol. The number of benzene rings is 1. The Morgan fingerprint density at radius 1 is 1.26 bits per heavy atom. The number of carbonyl (C=O) groups excluding carboxylic acids is 1. The average molecular weight is 280 g/mol. The van der Waals surface area contributed by atoms with Gasteiger partial charge in [0.25, 0.3) is 5.91 Å². The topological polar surface area (TPSA) is 40.5 Å². The Morgan fingerprint density at radius 2 is 2.00 bits per heavy atom. The number of carbonyl (C=O) groups is 1. The quantitative estimate of drug-likeness (QED) is 0.858. The highest BCUT2D eigenvalue weighted by Gasteiger charge is 2.42. The predicted octanol–water partition coefficient (Wildman–Crippen LogP) is 2.53. The van der Waals surface area contributed by atoms with Crippen LogP contribution in [0, 0.1) is 0 Å². The van der Waals surface area contributed by atoms with E-state index in [2.05, 4.69) is 0 Å². The second kappa shape index (κ2) is 4.80. The molecule has 1 aromatic rings. The van der Waals surface area contributed by atoms with E-state index in [1.165, 1.54) is 5.56 Å². The Morgan fingerprint density at radius 3 is 2.74 bits per heavy atom. The number of aliphatic hydroxyl groups is 1. The van der Waals surface area contributed by atoms with E-state index in [-0.39, 0.29) is 5.91 Å². The summed E-state index contributed by atoms with van der Waals surface area (Å²) < 4.78 is 0. The van der Waals surface area contributed by atoms with Crippen molar-refractivity contribution in [3.63, 3.8) is 0 Å². The third kappa shape index (κ3) is 2.37. The van der Waals surface area contributed by atoms with Crippen molar-refractivity contribution in [2.24, 2.45) is 0 Å². The summed E-state index contributed by atoms with van der Waals surface area (Å²) in [4.78, 5) is 14.2. The molecule has 19 heavy (non-hydrogen) atoms. The van der Waals surface area contributed by atoms with Gasteiger partial charge in [-0.15, -0.1) is 0 Å². The minimum Gasteiger partial charge on any atom is -0.380 e. The van der Waals surface area contributed by atoms with Crippen molar-refractivity contribution in [2.45, 2.75) is 44.2 Å². The van der Waals surface area contributed by atoms with Crippen molar-refractivity contribution in [2.75, 3.05) is 6.54 Å². The fourth-order valence-corrected chi connectivity index (χ4v) is 3.36. The minimum atomic E-state index is -1.12. The maximum absolute atomic E-state index is 12.5. The van der Waals surface area contributed by atoms with Gasteiger partial charge < -0.3 is 10.0 Å². The van der Waals surface area contributed by atoms with Gasteiger partial charge in [-0.1, -0.05) is 17.7 Å². The molecule has 0 saturated heterocycles. The largest absolute Gasteiger partial charge is 0.380 e. The molecule has 0 bridgehead atoms. The van der Waals surface area contributed by atoms with Gasteiger partial charge in [0, 0.05) is 18.1 Å². The SMILES string of the molecule is O=C(N1CCc2ccc(Cl)cc2C1)C1(O)CCCC1. The molecule has 0 atom stereocenters. The molecule has 4 heteroatoms. The predicted molar refractivity (Wildman–Crippen MR) is 74.0 cm³/mol. The normalized spacial score (nSPS) is 21.3. The Labute approximate surface area is 118 Å². The molecule has 3 nitrogen and oxygen atoms in total. The number of fused-ring (bicyclic) bond motifs is 1. The van der Waals surface area contributed by atoms with Gasteiger partial charge in [-0.05, 0) is 55.4 Å². The van der Waals surface area contributed by atoms with E-state index < -0.39 is 5.60 Å².